The zero-order chi connectivity index (χ0) is 19.5. The Balaban J connectivity index is 1.71. The van der Waals surface area contributed by atoms with E-state index in [1.54, 1.807) is 33.0 Å². The highest BCUT2D eigenvalue weighted by molar-refractivity contribution is 5.49. The molecule has 0 N–H and O–H groups in total. The number of hydrogen-bond donors (Lipinski definition) is 0. The number of fused-ring (bicyclic) bond motifs is 1. The first kappa shape index (κ1) is 18.7. The molecule has 2 heterocycles. The van der Waals surface area contributed by atoms with Crippen LogP contribution in [0.4, 0.5) is 0 Å². The van der Waals surface area contributed by atoms with E-state index in [0.29, 0.717) is 0 Å². The summed E-state index contributed by atoms with van der Waals surface area (Å²) in [5.41, 5.74) is 3.93. The molecular formula is C23H27NO4. The summed E-state index contributed by atoms with van der Waals surface area (Å²) >= 11 is 0. The standard InChI is InChI=1S/C23H27NO4/c1-16-19-14-21(26-3)20(25-2)13-18(19)9-10-24(16)23(17-7-5-4-6-8-17)22-15-27-11-12-28-22/h4-5,7,11-16,23H,6,8-10H2,1-3H3. The maximum atomic E-state index is 5.87. The maximum Gasteiger partial charge on any atom is 0.161 e. The number of allylic oxidation sites excluding steroid dienone is 3. The van der Waals surface area contributed by atoms with Gasteiger partial charge in [-0.3, -0.25) is 4.90 Å². The summed E-state index contributed by atoms with van der Waals surface area (Å²) in [6.07, 6.45) is 14.5. The van der Waals surface area contributed by atoms with Gasteiger partial charge < -0.3 is 18.9 Å². The van der Waals surface area contributed by atoms with Gasteiger partial charge in [-0.2, -0.15) is 0 Å². The third-order valence-corrected chi connectivity index (χ3v) is 5.75. The van der Waals surface area contributed by atoms with Gasteiger partial charge in [0.1, 0.15) is 18.8 Å². The molecule has 1 aliphatic carbocycles. The van der Waals surface area contributed by atoms with Gasteiger partial charge in [-0.05, 0) is 55.0 Å². The van der Waals surface area contributed by atoms with Crippen LogP contribution in [-0.2, 0) is 15.9 Å². The van der Waals surface area contributed by atoms with Crippen LogP contribution >= 0.6 is 0 Å². The average Bonchev–Trinajstić information content (AvgIpc) is 2.76. The third-order valence-electron chi connectivity index (χ3n) is 5.75. The van der Waals surface area contributed by atoms with E-state index in [-0.39, 0.29) is 12.1 Å². The molecule has 5 heteroatoms. The van der Waals surface area contributed by atoms with Gasteiger partial charge in [0.2, 0.25) is 0 Å². The van der Waals surface area contributed by atoms with E-state index >= 15 is 0 Å². The molecule has 148 valence electrons. The Morgan fingerprint density at radius 1 is 1.11 bits per heavy atom. The van der Waals surface area contributed by atoms with E-state index in [1.165, 1.54) is 16.7 Å². The van der Waals surface area contributed by atoms with Gasteiger partial charge in [0.05, 0.1) is 20.3 Å². The van der Waals surface area contributed by atoms with Gasteiger partial charge in [0.25, 0.3) is 0 Å². The predicted octanol–water partition coefficient (Wildman–Crippen LogP) is 4.63. The summed E-state index contributed by atoms with van der Waals surface area (Å²) in [5, 5.41) is 0. The first-order valence-electron chi connectivity index (χ1n) is 9.76. The van der Waals surface area contributed by atoms with E-state index in [2.05, 4.69) is 42.2 Å². The van der Waals surface area contributed by atoms with Crippen molar-refractivity contribution < 1.29 is 18.9 Å². The van der Waals surface area contributed by atoms with Crippen molar-refractivity contribution in [2.75, 3.05) is 20.8 Å². The highest BCUT2D eigenvalue weighted by Crippen LogP contribution is 2.41. The van der Waals surface area contributed by atoms with E-state index in [4.69, 9.17) is 18.9 Å². The number of rotatable bonds is 5. The van der Waals surface area contributed by atoms with Gasteiger partial charge in [-0.15, -0.1) is 0 Å². The lowest BCUT2D eigenvalue weighted by Crippen LogP contribution is -2.44. The Morgan fingerprint density at radius 3 is 2.61 bits per heavy atom. The summed E-state index contributed by atoms with van der Waals surface area (Å²) < 4.78 is 22.4. The topological polar surface area (TPSA) is 40.2 Å². The summed E-state index contributed by atoms with van der Waals surface area (Å²) in [5.74, 6) is 2.39. The number of hydrogen-bond acceptors (Lipinski definition) is 5. The monoisotopic (exact) mass is 381 g/mol. The van der Waals surface area contributed by atoms with E-state index in [1.807, 2.05) is 0 Å². The van der Waals surface area contributed by atoms with Crippen molar-refractivity contribution >= 4 is 0 Å². The third kappa shape index (κ3) is 3.42. The van der Waals surface area contributed by atoms with Crippen LogP contribution in [0.25, 0.3) is 0 Å². The maximum absolute atomic E-state index is 5.87. The Labute approximate surface area is 166 Å². The fraction of sp³-hybridized carbons (Fsp3) is 0.391. The molecule has 0 radical (unpaired) electrons. The molecular weight excluding hydrogens is 354 g/mol. The summed E-state index contributed by atoms with van der Waals surface area (Å²) in [4.78, 5) is 2.49. The van der Waals surface area contributed by atoms with Crippen LogP contribution in [0.15, 0.2) is 60.5 Å². The van der Waals surface area contributed by atoms with E-state index in [0.717, 1.165) is 43.1 Å². The quantitative estimate of drug-likeness (QED) is 0.744. The van der Waals surface area contributed by atoms with Gasteiger partial charge in [-0.25, -0.2) is 0 Å². The molecule has 28 heavy (non-hydrogen) atoms. The van der Waals surface area contributed by atoms with Gasteiger partial charge >= 0.3 is 0 Å². The molecule has 0 amide bonds. The molecule has 2 unspecified atom stereocenters. The largest absolute Gasteiger partial charge is 0.493 e. The molecule has 0 bridgehead atoms. The van der Waals surface area contributed by atoms with Crippen LogP contribution in [0.2, 0.25) is 0 Å². The van der Waals surface area contributed by atoms with Gasteiger partial charge in [0, 0.05) is 12.6 Å². The summed E-state index contributed by atoms with van der Waals surface area (Å²) in [6, 6.07) is 4.48. The Bertz CT molecular complexity index is 852. The first-order valence-corrected chi connectivity index (χ1v) is 9.76. The minimum absolute atomic E-state index is 0.0474. The smallest absolute Gasteiger partial charge is 0.161 e. The van der Waals surface area contributed by atoms with Crippen LogP contribution in [-0.4, -0.2) is 31.7 Å². The fourth-order valence-electron chi connectivity index (χ4n) is 4.33. The van der Waals surface area contributed by atoms with E-state index < -0.39 is 0 Å². The normalized spacial score (nSPS) is 22.3. The lowest BCUT2D eigenvalue weighted by Gasteiger charge is -2.42. The van der Waals surface area contributed by atoms with Crippen molar-refractivity contribution in [2.45, 2.75) is 38.3 Å². The number of ether oxygens (including phenoxy) is 4. The molecule has 0 fully saturated rings. The van der Waals surface area contributed by atoms with E-state index in [9.17, 15) is 0 Å². The van der Waals surface area contributed by atoms with Crippen molar-refractivity contribution in [1.29, 1.82) is 0 Å². The van der Waals surface area contributed by atoms with Crippen molar-refractivity contribution in [3.8, 4) is 11.5 Å². The fourth-order valence-corrected chi connectivity index (χ4v) is 4.33. The summed E-state index contributed by atoms with van der Waals surface area (Å²) in [7, 11) is 3.37. The first-order chi connectivity index (χ1) is 13.7. The second-order valence-corrected chi connectivity index (χ2v) is 7.23. The average molecular weight is 381 g/mol. The van der Waals surface area contributed by atoms with Crippen molar-refractivity contribution in [2.24, 2.45) is 0 Å². The second kappa shape index (κ2) is 8.15. The molecule has 3 aliphatic rings. The highest BCUT2D eigenvalue weighted by Gasteiger charge is 2.36. The zero-order valence-electron chi connectivity index (χ0n) is 16.7. The molecule has 0 saturated carbocycles. The van der Waals surface area contributed by atoms with Gasteiger partial charge in [0.15, 0.2) is 17.3 Å². The molecule has 5 nitrogen and oxygen atoms in total. The van der Waals surface area contributed by atoms with Crippen LogP contribution in [0.3, 0.4) is 0 Å². The minimum atomic E-state index is 0.0474. The highest BCUT2D eigenvalue weighted by atomic mass is 16.5. The second-order valence-electron chi connectivity index (χ2n) is 7.23. The van der Waals surface area contributed by atoms with Crippen molar-refractivity contribution in [3.63, 3.8) is 0 Å². The molecule has 1 aromatic rings. The van der Waals surface area contributed by atoms with Crippen molar-refractivity contribution in [3.05, 3.63) is 71.6 Å². The number of benzene rings is 1. The Hall–Kier alpha value is -2.66. The molecule has 2 atom stereocenters. The molecule has 0 aromatic heterocycles. The zero-order valence-corrected chi connectivity index (χ0v) is 16.7. The molecule has 0 saturated heterocycles. The van der Waals surface area contributed by atoms with Crippen molar-refractivity contribution in [1.82, 2.24) is 4.90 Å². The van der Waals surface area contributed by atoms with Crippen LogP contribution in [0, 0.1) is 0 Å². The number of nitrogens with zero attached hydrogens (tertiary/aromatic N) is 1. The van der Waals surface area contributed by atoms with Crippen LogP contribution in [0.5, 0.6) is 11.5 Å². The lowest BCUT2D eigenvalue weighted by molar-refractivity contribution is 0.120. The molecule has 4 rings (SSSR count). The van der Waals surface area contributed by atoms with Gasteiger partial charge in [-0.1, -0.05) is 18.2 Å². The summed E-state index contributed by atoms with van der Waals surface area (Å²) in [6.45, 7) is 3.18. The molecule has 1 aromatic carbocycles. The number of methoxy groups -OCH3 is 2. The SMILES string of the molecule is COc1cc2c(cc1OC)C(C)N(C(C1=CC=CCC1)C1=COC=CO1)CC2. The minimum Gasteiger partial charge on any atom is -0.493 e. The Kier molecular flexibility index (Phi) is 5.44. The van der Waals surface area contributed by atoms with Crippen LogP contribution < -0.4 is 9.47 Å². The van der Waals surface area contributed by atoms with Crippen LogP contribution in [0.1, 0.15) is 36.9 Å². The molecule has 0 spiro atoms. The predicted molar refractivity (Wildman–Crippen MR) is 108 cm³/mol. The Morgan fingerprint density at radius 2 is 1.93 bits per heavy atom. The lowest BCUT2D eigenvalue weighted by atomic mass is 9.88. The molecule has 2 aliphatic heterocycles.